The van der Waals surface area contributed by atoms with Crippen LogP contribution in [0, 0.1) is 23.2 Å². The summed E-state index contributed by atoms with van der Waals surface area (Å²) in [7, 11) is 0. The van der Waals surface area contributed by atoms with E-state index in [2.05, 4.69) is 20.8 Å². The fraction of sp³-hybridized carbons (Fsp3) is 0.857. The predicted molar refractivity (Wildman–Crippen MR) is 69.3 cm³/mol. The monoisotopic (exact) mass is 269 g/mol. The van der Waals surface area contributed by atoms with E-state index in [1.807, 2.05) is 0 Å². The quantitative estimate of drug-likeness (QED) is 0.585. The maximum atomic E-state index is 11.0. The number of aliphatic carboxylic acids is 1. The Balaban J connectivity index is 2.06. The van der Waals surface area contributed by atoms with Gasteiger partial charge in [-0.15, -0.1) is 0 Å². The second-order valence-electron chi connectivity index (χ2n) is 6.56. The molecule has 0 aliphatic heterocycles. The first kappa shape index (κ1) is 14.3. The van der Waals surface area contributed by atoms with E-state index in [0.29, 0.717) is 29.6 Å². The molecule has 0 aromatic heterocycles. The van der Waals surface area contributed by atoms with Crippen LogP contribution in [0.15, 0.2) is 0 Å². The van der Waals surface area contributed by atoms with Gasteiger partial charge in [-0.25, -0.2) is 0 Å². The number of ether oxygens (including phenoxy) is 1. The summed E-state index contributed by atoms with van der Waals surface area (Å²) in [5.74, 6) is 0.866. The molecule has 3 aliphatic rings. The minimum Gasteiger partial charge on any atom is -0.480 e. The summed E-state index contributed by atoms with van der Waals surface area (Å²) in [5, 5.41) is 8.99. The molecule has 19 heavy (non-hydrogen) atoms. The van der Waals surface area contributed by atoms with Gasteiger partial charge >= 0.3 is 5.97 Å². The highest BCUT2D eigenvalue weighted by Crippen LogP contribution is 2.61. The van der Waals surface area contributed by atoms with Gasteiger partial charge in [0.1, 0.15) is 6.73 Å². The summed E-state index contributed by atoms with van der Waals surface area (Å²) in [6.07, 6.45) is 2.25. The van der Waals surface area contributed by atoms with Crippen LogP contribution in [0.4, 0.5) is 0 Å². The first-order valence-corrected chi connectivity index (χ1v) is 6.89. The number of hydrogen-bond acceptors (Lipinski definition) is 4. The van der Waals surface area contributed by atoms with E-state index in [0.717, 1.165) is 6.42 Å². The number of carboxylic acids is 1. The van der Waals surface area contributed by atoms with E-state index < -0.39 is 5.97 Å². The van der Waals surface area contributed by atoms with Gasteiger partial charge in [-0.05, 0) is 36.0 Å². The lowest BCUT2D eigenvalue weighted by atomic mass is 9.44. The van der Waals surface area contributed by atoms with E-state index in [1.54, 1.807) is 4.90 Å². The molecule has 0 heterocycles. The Labute approximate surface area is 113 Å². The number of carbonyl (C=O) groups excluding carboxylic acids is 1. The molecule has 3 fully saturated rings. The van der Waals surface area contributed by atoms with Gasteiger partial charge in [-0.2, -0.15) is 0 Å². The minimum absolute atomic E-state index is 0.0668. The van der Waals surface area contributed by atoms with Gasteiger partial charge in [0.05, 0.1) is 6.54 Å². The van der Waals surface area contributed by atoms with Crippen molar-refractivity contribution in [3.63, 3.8) is 0 Å². The van der Waals surface area contributed by atoms with Crippen molar-refractivity contribution in [1.82, 2.24) is 4.90 Å². The molecule has 0 spiro atoms. The van der Waals surface area contributed by atoms with Crippen LogP contribution >= 0.6 is 0 Å². The zero-order chi connectivity index (χ0) is 14.2. The second-order valence-corrected chi connectivity index (χ2v) is 6.56. The molecule has 108 valence electrons. The Bertz CT molecular complexity index is 368. The molecule has 0 aromatic carbocycles. The maximum Gasteiger partial charge on any atom is 0.317 e. The zero-order valence-electron chi connectivity index (χ0n) is 11.8. The third kappa shape index (κ3) is 2.48. The van der Waals surface area contributed by atoms with Crippen molar-refractivity contribution in [2.24, 2.45) is 23.2 Å². The van der Waals surface area contributed by atoms with Gasteiger partial charge in [0.2, 0.25) is 0 Å². The molecule has 4 atom stereocenters. The van der Waals surface area contributed by atoms with E-state index in [-0.39, 0.29) is 19.3 Å². The molecule has 0 radical (unpaired) electrons. The molecule has 5 heteroatoms. The first-order chi connectivity index (χ1) is 8.87. The minimum atomic E-state index is -0.875. The predicted octanol–water partition coefficient (Wildman–Crippen LogP) is 1.57. The van der Waals surface area contributed by atoms with Crippen molar-refractivity contribution in [3.8, 4) is 0 Å². The standard InChI is InChI=1S/C14H23NO4/c1-9-11-4-10(14(11,2)3)5-12(9)15(6-13(17)18)7-19-8-16/h8-12H,4-7H2,1-3H3,(H,17,18)/t9-,10+,11-,12+/m1/s1. The molecule has 0 amide bonds. The molecular formula is C14H23NO4. The summed E-state index contributed by atoms with van der Waals surface area (Å²) >= 11 is 0. The lowest BCUT2D eigenvalue weighted by Gasteiger charge is -2.63. The van der Waals surface area contributed by atoms with Crippen molar-refractivity contribution >= 4 is 12.4 Å². The first-order valence-electron chi connectivity index (χ1n) is 6.89. The number of nitrogens with zero attached hydrogens (tertiary/aromatic N) is 1. The van der Waals surface area contributed by atoms with Crippen LogP contribution in [-0.4, -0.2) is 41.8 Å². The van der Waals surface area contributed by atoms with Crippen molar-refractivity contribution in [2.45, 2.75) is 39.7 Å². The normalized spacial score (nSPS) is 35.6. The van der Waals surface area contributed by atoms with Crippen molar-refractivity contribution in [1.29, 1.82) is 0 Å². The number of hydrogen-bond donors (Lipinski definition) is 1. The smallest absolute Gasteiger partial charge is 0.317 e. The van der Waals surface area contributed by atoms with Gasteiger partial charge in [-0.3, -0.25) is 14.5 Å². The summed E-state index contributed by atoms with van der Waals surface area (Å²) < 4.78 is 4.78. The molecule has 1 N–H and O–H groups in total. The Morgan fingerprint density at radius 2 is 2.16 bits per heavy atom. The van der Waals surface area contributed by atoms with Gasteiger partial charge in [0, 0.05) is 6.04 Å². The second kappa shape index (κ2) is 5.12. The molecule has 2 bridgehead atoms. The molecule has 0 aromatic rings. The van der Waals surface area contributed by atoms with Crippen LogP contribution in [0.2, 0.25) is 0 Å². The molecule has 0 unspecified atom stereocenters. The Kier molecular flexibility index (Phi) is 3.85. The fourth-order valence-corrected chi connectivity index (χ4v) is 4.16. The fourth-order valence-electron chi connectivity index (χ4n) is 4.16. The Morgan fingerprint density at radius 1 is 1.47 bits per heavy atom. The lowest BCUT2D eigenvalue weighted by Crippen LogP contribution is -2.61. The van der Waals surface area contributed by atoms with Gasteiger partial charge < -0.3 is 9.84 Å². The molecule has 3 rings (SSSR count). The van der Waals surface area contributed by atoms with Gasteiger partial charge in [0.25, 0.3) is 6.47 Å². The topological polar surface area (TPSA) is 66.8 Å². The third-order valence-electron chi connectivity index (χ3n) is 5.43. The summed E-state index contributed by atoms with van der Waals surface area (Å²) in [5.41, 5.74) is 0.371. The molecule has 3 aliphatic carbocycles. The van der Waals surface area contributed by atoms with E-state index in [4.69, 9.17) is 9.84 Å². The molecule has 0 saturated heterocycles. The van der Waals surface area contributed by atoms with Crippen LogP contribution in [0.3, 0.4) is 0 Å². The highest BCUT2D eigenvalue weighted by molar-refractivity contribution is 5.69. The van der Waals surface area contributed by atoms with Crippen LogP contribution in [0.25, 0.3) is 0 Å². The third-order valence-corrected chi connectivity index (χ3v) is 5.43. The summed E-state index contributed by atoms with van der Waals surface area (Å²) in [4.78, 5) is 23.1. The van der Waals surface area contributed by atoms with Gasteiger partial charge in [-0.1, -0.05) is 20.8 Å². The SMILES string of the molecule is C[C@@H]1[C@H]2C[C@@H](C[C@@H]1N(COC=O)CC(=O)O)C2(C)C. The zero-order valence-corrected chi connectivity index (χ0v) is 11.8. The van der Waals surface area contributed by atoms with Crippen molar-refractivity contribution in [2.75, 3.05) is 13.3 Å². The lowest BCUT2D eigenvalue weighted by molar-refractivity contribution is -0.164. The molecular weight excluding hydrogens is 246 g/mol. The van der Waals surface area contributed by atoms with Crippen LogP contribution < -0.4 is 0 Å². The van der Waals surface area contributed by atoms with Crippen molar-refractivity contribution < 1.29 is 19.4 Å². The summed E-state index contributed by atoms with van der Waals surface area (Å²) in [6.45, 7) is 7.20. The van der Waals surface area contributed by atoms with Crippen LogP contribution in [0.5, 0.6) is 0 Å². The Hall–Kier alpha value is -1.10. The highest BCUT2D eigenvalue weighted by atomic mass is 16.5. The number of rotatable bonds is 6. The molecule has 5 nitrogen and oxygen atoms in total. The molecule has 3 saturated carbocycles. The Morgan fingerprint density at radius 3 is 2.63 bits per heavy atom. The van der Waals surface area contributed by atoms with Crippen LogP contribution in [0.1, 0.15) is 33.6 Å². The number of carbonyl (C=O) groups is 2. The number of fused-ring (bicyclic) bond motifs is 2. The van der Waals surface area contributed by atoms with Crippen molar-refractivity contribution in [3.05, 3.63) is 0 Å². The average molecular weight is 269 g/mol. The van der Waals surface area contributed by atoms with E-state index >= 15 is 0 Å². The van der Waals surface area contributed by atoms with E-state index in [1.165, 1.54) is 6.42 Å². The van der Waals surface area contributed by atoms with E-state index in [9.17, 15) is 9.59 Å². The average Bonchev–Trinajstić information content (AvgIpc) is 2.33. The summed E-state index contributed by atoms with van der Waals surface area (Å²) in [6, 6.07) is 0.202. The maximum absolute atomic E-state index is 11.0. The highest BCUT2D eigenvalue weighted by Gasteiger charge is 2.57. The largest absolute Gasteiger partial charge is 0.480 e. The number of carboxylic acid groups (broad SMARTS) is 1. The van der Waals surface area contributed by atoms with Gasteiger partial charge in [0.15, 0.2) is 0 Å². The van der Waals surface area contributed by atoms with Crippen LogP contribution in [-0.2, 0) is 14.3 Å².